The van der Waals surface area contributed by atoms with Crippen molar-refractivity contribution in [2.24, 2.45) is 0 Å². The van der Waals surface area contributed by atoms with E-state index in [0.717, 1.165) is 11.1 Å². The summed E-state index contributed by atoms with van der Waals surface area (Å²) >= 11 is 0. The maximum Gasteiger partial charge on any atom is 0.315 e. The second kappa shape index (κ2) is 6.52. The number of aryl methyl sites for hydroxylation is 3. The predicted molar refractivity (Wildman–Crippen MR) is 102 cm³/mol. The molecular weight excluding hydrogens is 293 g/mol. The Morgan fingerprint density at radius 2 is 1.62 bits per heavy atom. The van der Waals surface area contributed by atoms with E-state index >= 15 is 0 Å². The van der Waals surface area contributed by atoms with Gasteiger partial charge in [0, 0.05) is 11.1 Å². The molecule has 0 spiro atoms. The summed E-state index contributed by atoms with van der Waals surface area (Å²) in [6.45, 7) is 6.61. The quantitative estimate of drug-likeness (QED) is 0.637. The van der Waals surface area contributed by atoms with Gasteiger partial charge < -0.3 is 4.81 Å². The third-order valence-electron chi connectivity index (χ3n) is 4.57. The van der Waals surface area contributed by atoms with Gasteiger partial charge in [0.15, 0.2) is 5.78 Å². The third-order valence-corrected chi connectivity index (χ3v) is 4.57. The third kappa shape index (κ3) is 3.07. The molecule has 2 nitrogen and oxygen atoms in total. The van der Waals surface area contributed by atoms with Crippen LogP contribution in [0.2, 0.25) is 0 Å². The van der Waals surface area contributed by atoms with Gasteiger partial charge in [0.05, 0.1) is 0 Å². The second-order valence-corrected chi connectivity index (χ2v) is 6.56. The van der Waals surface area contributed by atoms with E-state index in [1.54, 1.807) is 0 Å². The fraction of sp³-hybridized carbons (Fsp3) is 0.190. The Kier molecular flexibility index (Phi) is 4.43. The van der Waals surface area contributed by atoms with Crippen molar-refractivity contribution in [3.63, 3.8) is 0 Å². The first-order valence-corrected chi connectivity index (χ1v) is 8.27. The molecule has 0 fully saturated rings. The van der Waals surface area contributed by atoms with Gasteiger partial charge in [-0.15, -0.1) is 0 Å². The maximum atomic E-state index is 12.6. The van der Waals surface area contributed by atoms with Gasteiger partial charge in [0.2, 0.25) is 0 Å². The van der Waals surface area contributed by atoms with Crippen LogP contribution in [0.5, 0.6) is 0 Å². The van der Waals surface area contributed by atoms with Crippen molar-refractivity contribution >= 4 is 18.1 Å². The van der Waals surface area contributed by atoms with Gasteiger partial charge in [0.1, 0.15) is 0 Å². The zero-order valence-corrected chi connectivity index (χ0v) is 14.7. The van der Waals surface area contributed by atoms with Gasteiger partial charge >= 0.3 is 6.85 Å². The van der Waals surface area contributed by atoms with Gasteiger partial charge in [-0.05, 0) is 39.5 Å². The molecule has 3 rings (SSSR count). The first kappa shape index (κ1) is 16.3. The second-order valence-electron chi connectivity index (χ2n) is 6.56. The molecule has 0 unspecified atom stereocenters. The molecular formula is C21H22BNO. The lowest BCUT2D eigenvalue weighted by molar-refractivity contribution is 0.103. The zero-order valence-electron chi connectivity index (χ0n) is 14.7. The molecule has 0 aliphatic carbocycles. The van der Waals surface area contributed by atoms with Crippen LogP contribution in [0.25, 0.3) is 0 Å². The molecule has 0 saturated heterocycles. The molecule has 1 aliphatic heterocycles. The molecule has 2 aromatic rings. The minimum absolute atomic E-state index is 0.0644. The van der Waals surface area contributed by atoms with Crippen LogP contribution in [0.3, 0.4) is 0 Å². The Morgan fingerprint density at radius 3 is 2.21 bits per heavy atom. The number of ketones is 1. The number of Topliss-reactive ketones (excluding diaryl/α,β-unsaturated/α-hetero) is 1. The highest BCUT2D eigenvalue weighted by molar-refractivity contribution is 6.76. The van der Waals surface area contributed by atoms with Crippen LogP contribution in [-0.4, -0.2) is 24.5 Å². The summed E-state index contributed by atoms with van der Waals surface area (Å²) < 4.78 is 0. The molecule has 120 valence electrons. The van der Waals surface area contributed by atoms with Crippen LogP contribution in [-0.2, 0) is 0 Å². The van der Waals surface area contributed by atoms with Crippen molar-refractivity contribution in [3.8, 4) is 0 Å². The number of nitrogens with zero attached hydrogens (tertiary/aromatic N) is 1. The number of hydrogen-bond donors (Lipinski definition) is 0. The molecule has 0 N–H and O–H groups in total. The summed E-state index contributed by atoms with van der Waals surface area (Å²) in [6, 6.07) is 13.9. The normalized spacial score (nSPS) is 13.9. The number of benzene rings is 2. The van der Waals surface area contributed by atoms with E-state index in [0.29, 0.717) is 0 Å². The van der Waals surface area contributed by atoms with Crippen LogP contribution in [0.4, 0.5) is 0 Å². The summed E-state index contributed by atoms with van der Waals surface area (Å²) in [6.07, 6.45) is 3.91. The lowest BCUT2D eigenvalue weighted by Gasteiger charge is -2.28. The monoisotopic (exact) mass is 315 g/mol. The lowest BCUT2D eigenvalue weighted by Crippen LogP contribution is -2.46. The molecule has 0 radical (unpaired) electrons. The van der Waals surface area contributed by atoms with E-state index < -0.39 is 0 Å². The van der Waals surface area contributed by atoms with E-state index in [2.05, 4.69) is 43.7 Å². The molecule has 0 aromatic heterocycles. The number of allylic oxidation sites excluding steroid dienone is 2. The van der Waals surface area contributed by atoms with E-state index in [1.165, 1.54) is 22.2 Å². The highest BCUT2D eigenvalue weighted by Crippen LogP contribution is 2.17. The molecule has 2 aromatic carbocycles. The summed E-state index contributed by atoms with van der Waals surface area (Å²) in [7, 11) is 2.03. The Balaban J connectivity index is 1.90. The first-order chi connectivity index (χ1) is 11.5. The minimum Gasteiger partial charge on any atom is -0.415 e. The van der Waals surface area contributed by atoms with Crippen molar-refractivity contribution < 1.29 is 4.79 Å². The number of rotatable bonds is 3. The number of carbonyl (C=O) groups excluding carboxylic acids is 1. The van der Waals surface area contributed by atoms with Gasteiger partial charge in [-0.25, -0.2) is 0 Å². The molecule has 0 bridgehead atoms. The lowest BCUT2D eigenvalue weighted by atomic mass is 9.51. The average molecular weight is 315 g/mol. The van der Waals surface area contributed by atoms with Crippen LogP contribution in [0.1, 0.15) is 27.0 Å². The zero-order chi connectivity index (χ0) is 17.3. The fourth-order valence-electron chi connectivity index (χ4n) is 3.52. The summed E-state index contributed by atoms with van der Waals surface area (Å²) in [4.78, 5) is 14.7. The van der Waals surface area contributed by atoms with E-state index in [9.17, 15) is 4.79 Å². The van der Waals surface area contributed by atoms with Gasteiger partial charge in [-0.3, -0.25) is 4.79 Å². The SMILES string of the molecule is Cc1cc(C)c(B2C=CC(C(=O)c3ccccc3)=CN2C)c(C)c1. The summed E-state index contributed by atoms with van der Waals surface area (Å²) in [5.41, 5.74) is 6.64. The van der Waals surface area contributed by atoms with Crippen LogP contribution >= 0.6 is 0 Å². The molecule has 0 saturated carbocycles. The van der Waals surface area contributed by atoms with Crippen molar-refractivity contribution in [2.45, 2.75) is 20.8 Å². The van der Waals surface area contributed by atoms with Crippen LogP contribution in [0, 0.1) is 20.8 Å². The smallest absolute Gasteiger partial charge is 0.315 e. The van der Waals surface area contributed by atoms with E-state index in [4.69, 9.17) is 0 Å². The van der Waals surface area contributed by atoms with Crippen molar-refractivity contribution in [3.05, 3.63) is 88.5 Å². The van der Waals surface area contributed by atoms with Gasteiger partial charge in [0.25, 0.3) is 0 Å². The van der Waals surface area contributed by atoms with E-state index in [-0.39, 0.29) is 12.6 Å². The first-order valence-electron chi connectivity index (χ1n) is 8.27. The highest BCUT2D eigenvalue weighted by atomic mass is 16.1. The fourth-order valence-corrected chi connectivity index (χ4v) is 3.52. The molecule has 0 atom stereocenters. The predicted octanol–water partition coefficient (Wildman–Crippen LogP) is 3.62. The van der Waals surface area contributed by atoms with Crippen LogP contribution < -0.4 is 5.46 Å². The number of carbonyl (C=O) groups is 1. The minimum atomic E-state index is 0.0644. The topological polar surface area (TPSA) is 20.3 Å². The van der Waals surface area contributed by atoms with Gasteiger partial charge in [-0.1, -0.05) is 71.2 Å². The molecule has 1 heterocycles. The average Bonchev–Trinajstić information content (AvgIpc) is 2.55. The van der Waals surface area contributed by atoms with Crippen molar-refractivity contribution in [1.82, 2.24) is 4.81 Å². The standard InChI is InChI=1S/C21H22BNO/c1-15-12-16(2)20(17(3)13-15)22-11-10-19(14-23(22)4)21(24)18-8-6-5-7-9-18/h5-14H,1-4H3. The Hall–Kier alpha value is -2.55. The molecule has 0 amide bonds. The maximum absolute atomic E-state index is 12.6. The van der Waals surface area contributed by atoms with Crippen molar-refractivity contribution in [1.29, 1.82) is 0 Å². The Morgan fingerprint density at radius 1 is 1.00 bits per heavy atom. The van der Waals surface area contributed by atoms with Gasteiger partial charge in [-0.2, -0.15) is 0 Å². The Bertz CT molecular complexity index is 813. The molecule has 1 aliphatic rings. The summed E-state index contributed by atoms with van der Waals surface area (Å²) in [5.74, 6) is 2.19. The number of hydrogen-bond acceptors (Lipinski definition) is 2. The Labute approximate surface area is 144 Å². The summed E-state index contributed by atoms with van der Waals surface area (Å²) in [5, 5.41) is 0. The van der Waals surface area contributed by atoms with E-state index in [1.807, 2.05) is 49.7 Å². The molecule has 3 heteroatoms. The largest absolute Gasteiger partial charge is 0.415 e. The van der Waals surface area contributed by atoms with Crippen LogP contribution in [0.15, 0.2) is 66.3 Å². The highest BCUT2D eigenvalue weighted by Gasteiger charge is 2.26. The molecule has 24 heavy (non-hydrogen) atoms. The van der Waals surface area contributed by atoms with Crippen molar-refractivity contribution in [2.75, 3.05) is 7.05 Å².